The van der Waals surface area contributed by atoms with Crippen molar-refractivity contribution < 1.29 is 120 Å². The first kappa shape index (κ1) is 142. The van der Waals surface area contributed by atoms with Gasteiger partial charge in [0.1, 0.15) is 18.9 Å². The quantitative estimate of drug-likeness (QED) is 0.0355. The van der Waals surface area contributed by atoms with Gasteiger partial charge in [0.25, 0.3) is 0 Å². The van der Waals surface area contributed by atoms with Crippen LogP contribution in [0.3, 0.4) is 0 Å². The number of aldehydes is 3. The molecule has 0 aromatic heterocycles. The largest absolute Gasteiger partial charge is 0.396 e. The van der Waals surface area contributed by atoms with E-state index >= 15 is 0 Å². The lowest BCUT2D eigenvalue weighted by atomic mass is 9.95. The summed E-state index contributed by atoms with van der Waals surface area (Å²) in [6, 6.07) is 43.0. The number of carbonyl (C=O) groups is 3. The van der Waals surface area contributed by atoms with Crippen LogP contribution in [0, 0.1) is 43.3 Å². The second-order valence-electron chi connectivity index (χ2n) is 49.3. The predicted molar refractivity (Wildman–Crippen MR) is 591 cm³/mol. The van der Waals surface area contributed by atoms with Crippen molar-refractivity contribution in [2.45, 2.75) is 370 Å². The number of aliphatic hydroxyl groups is 16. The molecule has 0 radical (unpaired) electrons. The van der Waals surface area contributed by atoms with E-state index in [0.717, 1.165) is 55.6 Å². The van der Waals surface area contributed by atoms with Crippen molar-refractivity contribution in [3.05, 3.63) is 279 Å². The van der Waals surface area contributed by atoms with Gasteiger partial charge in [0.05, 0.1) is 79.3 Å². The summed E-state index contributed by atoms with van der Waals surface area (Å²) in [5.41, 5.74) is 21.1. The number of fused-ring (bicyclic) bond motifs is 9. The highest BCUT2D eigenvalue weighted by atomic mass is 16.6. The third-order valence-corrected chi connectivity index (χ3v) is 17.9. The van der Waals surface area contributed by atoms with Gasteiger partial charge in [0.2, 0.25) is 0 Å². The van der Waals surface area contributed by atoms with Gasteiger partial charge in [-0.15, -0.1) is 0 Å². The highest BCUT2D eigenvalue weighted by Gasteiger charge is 2.31. The Kier molecular flexibility index (Phi) is 69.0. The predicted octanol–water partition coefficient (Wildman–Crippen LogP) is 22.1. The lowest BCUT2D eigenvalue weighted by Crippen LogP contribution is -2.30. The summed E-state index contributed by atoms with van der Waals surface area (Å²) in [7, 11) is 0. The average Bonchev–Trinajstić information content (AvgIpc) is 1.07. The molecule has 3 aliphatic rings. The van der Waals surface area contributed by atoms with E-state index in [9.17, 15) is 60.3 Å². The fourth-order valence-corrected chi connectivity index (χ4v) is 11.8. The minimum atomic E-state index is -1.54. The summed E-state index contributed by atoms with van der Waals surface area (Å²) in [6.07, 6.45) is 3.39. The number of hydrogen-bond donors (Lipinski definition) is 16. The number of aliphatic hydroxyl groups excluding tert-OH is 14. The van der Waals surface area contributed by atoms with Gasteiger partial charge >= 0.3 is 0 Å². The first-order valence-corrected chi connectivity index (χ1v) is 50.8. The molecule has 828 valence electrons. The van der Waals surface area contributed by atoms with Crippen LogP contribution < -0.4 is 0 Å². The van der Waals surface area contributed by atoms with Crippen molar-refractivity contribution in [1.82, 2.24) is 0 Å². The molecular weight excluding hydrogens is 1850 g/mol. The van der Waals surface area contributed by atoms with Crippen LogP contribution in [0.2, 0.25) is 0 Å². The Morgan fingerprint density at radius 2 is 0.479 bits per heavy atom. The Morgan fingerprint density at radius 1 is 0.267 bits per heavy atom. The van der Waals surface area contributed by atoms with Gasteiger partial charge in [-0.1, -0.05) is 349 Å². The summed E-state index contributed by atoms with van der Waals surface area (Å²) in [5.74, 6) is -3.09. The summed E-state index contributed by atoms with van der Waals surface area (Å²) in [6.45, 7) is 73.8. The monoisotopic (exact) mass is 2050 g/mol. The van der Waals surface area contributed by atoms with E-state index in [1.807, 2.05) is 42.5 Å². The van der Waals surface area contributed by atoms with Crippen LogP contribution in [-0.4, -0.2) is 153 Å². The van der Waals surface area contributed by atoms with Crippen molar-refractivity contribution in [2.75, 3.05) is 52.9 Å². The number of benzene rings is 8. The molecule has 5 atom stereocenters. The molecule has 146 heavy (non-hydrogen) atoms. The highest BCUT2D eigenvalue weighted by Crippen LogP contribution is 2.34. The molecule has 24 nitrogen and oxygen atoms in total. The maximum Gasteiger partial charge on any atom is 0.189 e. The molecule has 8 aromatic rings. The van der Waals surface area contributed by atoms with E-state index in [1.165, 1.54) is 0 Å². The Bertz CT molecular complexity index is 4420. The van der Waals surface area contributed by atoms with Gasteiger partial charge in [-0.25, -0.2) is 0 Å². The third kappa shape index (κ3) is 74.0. The van der Waals surface area contributed by atoms with Crippen molar-refractivity contribution in [2.24, 2.45) is 43.3 Å². The zero-order chi connectivity index (χ0) is 113. The lowest BCUT2D eigenvalue weighted by molar-refractivity contribution is -0.201. The first-order chi connectivity index (χ1) is 67.1. The highest BCUT2D eigenvalue weighted by molar-refractivity contribution is 5.78. The topological polar surface area (TPSA) is 421 Å². The third-order valence-electron chi connectivity index (χ3n) is 17.9. The van der Waals surface area contributed by atoms with E-state index in [-0.39, 0.29) is 99.1 Å². The molecule has 0 spiro atoms. The Labute approximate surface area is 879 Å². The van der Waals surface area contributed by atoms with Gasteiger partial charge < -0.3 is 105 Å². The van der Waals surface area contributed by atoms with Gasteiger partial charge in [-0.05, 0) is 216 Å². The Morgan fingerprint density at radius 3 is 0.719 bits per heavy atom. The zero-order valence-electron chi connectivity index (χ0n) is 95.7. The smallest absolute Gasteiger partial charge is 0.189 e. The zero-order valence-corrected chi connectivity index (χ0v) is 95.7. The van der Waals surface area contributed by atoms with Gasteiger partial charge in [0, 0.05) is 70.9 Å². The van der Waals surface area contributed by atoms with Crippen LogP contribution in [0.25, 0.3) is 0 Å². The van der Waals surface area contributed by atoms with E-state index in [1.54, 1.807) is 117 Å². The molecule has 24 heteroatoms. The second-order valence-corrected chi connectivity index (χ2v) is 49.3. The SMILES string of the molecule is CC(C)(C)C.CC(C)(C)C.CC(C)(C)C.CC(C)(C)C.CC(C)(C)C.CC(C)(C)C.CC(C)(C)C.CC(C)(C)C.CC1(O)OCCc2ccc(CO)c(c2)C(C)(O)OCCc2ccc(CO)c1c2.O=Cc1cc(CCO)ccc1CO.O=Cc1cc(CCO)ccc1CO.O=Cc1cc(CCO)ccc1CO.OCCc1ccc2c(c1)C(O)OC2.OCc1ccc2cc1C(O)OCCc1ccc(CO)c(c1)C(O)OCC2. The molecule has 5 unspecified atom stereocenters. The van der Waals surface area contributed by atoms with Crippen LogP contribution in [0.1, 0.15) is 402 Å². The standard InChI is InChI=1S/C22H28O6.C20H24O6.4C10H12O3.8C5H12/c1-21(25)19-11-15(3-5-17(19)13-23)8-10-28-22(2,26)20-12-16(7-9-27-21)4-6-18(20)14-24;21-11-15-3-1-13-5-7-25-20(24)18-10-14(2-4-16(18)12-22)6-8-26-19(23)17(15)9-13;11-4-3-7-1-2-8-6-13-10(12)9(8)5-7;3*11-4-3-8-1-2-9(6-12)10(5-8)7-13;8*1-5(2,3)4/h3-6,11-12,23-26H,7-10,13-14H2,1-2H3;1-4,9-10,19-24H,5-8,11-12H2;1-2,5,10-12H,3-4,6H2;3*1-2,5,7,11-12H,3-4,6H2;8*1-4H3. The Hall–Kier alpha value is -8.07. The van der Waals surface area contributed by atoms with Gasteiger partial charge in [-0.2, -0.15) is 0 Å². The fourth-order valence-electron chi connectivity index (χ4n) is 11.8. The van der Waals surface area contributed by atoms with Crippen molar-refractivity contribution in [1.29, 1.82) is 0 Å². The summed E-state index contributed by atoms with van der Waals surface area (Å²) < 4.78 is 27.7. The molecular formula is C122H196O24. The molecule has 8 bridgehead atoms. The first-order valence-electron chi connectivity index (χ1n) is 50.8. The van der Waals surface area contributed by atoms with E-state index < -0.39 is 30.4 Å². The molecule has 8 aromatic carbocycles. The molecule has 0 aliphatic carbocycles. The van der Waals surface area contributed by atoms with Crippen LogP contribution in [0.5, 0.6) is 0 Å². The maximum absolute atomic E-state index is 10.9. The summed E-state index contributed by atoms with van der Waals surface area (Å²) >= 11 is 0. The van der Waals surface area contributed by atoms with E-state index in [0.29, 0.717) is 198 Å². The number of carbonyl (C=O) groups excluding carboxylic acids is 3. The van der Waals surface area contributed by atoms with Crippen molar-refractivity contribution in [3.63, 3.8) is 0 Å². The molecule has 0 fully saturated rings. The molecule has 0 saturated carbocycles. The molecule has 11 rings (SSSR count). The van der Waals surface area contributed by atoms with Crippen molar-refractivity contribution >= 4 is 18.9 Å². The minimum absolute atomic E-state index is 0.0662. The summed E-state index contributed by atoms with van der Waals surface area (Å²) in [5, 5.41) is 151. The van der Waals surface area contributed by atoms with Crippen molar-refractivity contribution in [3.8, 4) is 0 Å². The molecule has 0 saturated heterocycles. The van der Waals surface area contributed by atoms with Crippen LogP contribution in [-0.2, 0) is 139 Å². The summed E-state index contributed by atoms with van der Waals surface area (Å²) in [4.78, 5) is 31.7. The number of rotatable bonds is 18. The fraction of sp³-hybridized carbons (Fsp3) is 0.582. The molecule has 3 aliphatic heterocycles. The second kappa shape index (κ2) is 70.9. The van der Waals surface area contributed by atoms with Crippen LogP contribution in [0.15, 0.2) is 146 Å². The lowest BCUT2D eigenvalue weighted by Gasteiger charge is -2.29. The van der Waals surface area contributed by atoms with Gasteiger partial charge in [-0.3, -0.25) is 14.4 Å². The van der Waals surface area contributed by atoms with Crippen LogP contribution in [0.4, 0.5) is 0 Å². The molecule has 0 amide bonds. The minimum Gasteiger partial charge on any atom is -0.396 e. The number of ether oxygens (including phenoxy) is 5. The molecule has 3 heterocycles. The van der Waals surface area contributed by atoms with Crippen LogP contribution >= 0.6 is 0 Å². The van der Waals surface area contributed by atoms with E-state index in [4.69, 9.17) is 59.4 Å². The molecule has 16 N–H and O–H groups in total. The van der Waals surface area contributed by atoms with Gasteiger partial charge in [0.15, 0.2) is 30.4 Å². The maximum atomic E-state index is 10.9. The Balaban J connectivity index is -0.00000159. The van der Waals surface area contributed by atoms with E-state index in [2.05, 4.69) is 222 Å². The average molecular weight is 2050 g/mol. The number of hydrogen-bond acceptors (Lipinski definition) is 24. The normalized spacial score (nSPS) is 16.5.